The van der Waals surface area contributed by atoms with Crippen LogP contribution in [-0.2, 0) is 9.47 Å². The molecule has 27 heavy (non-hydrogen) atoms. The number of pyridine rings is 1. The van der Waals surface area contributed by atoms with Crippen molar-refractivity contribution in [1.82, 2.24) is 24.5 Å². The van der Waals surface area contributed by atoms with Crippen molar-refractivity contribution in [3.8, 4) is 0 Å². The van der Waals surface area contributed by atoms with Crippen LogP contribution in [0.3, 0.4) is 0 Å². The highest BCUT2D eigenvalue weighted by atomic mass is 35.5. The molecule has 0 saturated heterocycles. The number of carbonyl (C=O) groups excluding carboxylic acids is 1. The average molecular weight is 388 g/mol. The number of hydrogen-bond acceptors (Lipinski definition) is 7. The molecule has 140 valence electrons. The molecule has 0 spiro atoms. The Morgan fingerprint density at radius 3 is 2.70 bits per heavy atom. The van der Waals surface area contributed by atoms with Crippen LogP contribution >= 0.6 is 11.6 Å². The van der Waals surface area contributed by atoms with Crippen LogP contribution in [0, 0.1) is 0 Å². The zero-order chi connectivity index (χ0) is 19.1. The molecular formula is C18H18ClN5O3. The zero-order valence-corrected chi connectivity index (χ0v) is 15.4. The molecule has 0 fully saturated rings. The van der Waals surface area contributed by atoms with E-state index in [1.807, 2.05) is 34.9 Å². The molecule has 9 heteroatoms. The smallest absolute Gasteiger partial charge is 0.435 e. The third kappa shape index (κ3) is 4.79. The number of hydrogen-bond donors (Lipinski definition) is 0. The van der Waals surface area contributed by atoms with E-state index < -0.39 is 6.16 Å². The van der Waals surface area contributed by atoms with Crippen molar-refractivity contribution in [3.63, 3.8) is 0 Å². The van der Waals surface area contributed by atoms with Crippen LogP contribution in [0.4, 0.5) is 4.79 Å². The van der Waals surface area contributed by atoms with Crippen LogP contribution in [0.25, 0.3) is 11.2 Å². The summed E-state index contributed by atoms with van der Waals surface area (Å²) in [5.41, 5.74) is 1.21. The number of aromatic nitrogens is 5. The minimum atomic E-state index is -0.659. The molecule has 1 aliphatic rings. The Balaban J connectivity index is 0.000000299. The normalized spacial score (nSPS) is 18.0. The Labute approximate surface area is 160 Å². The number of nitrogens with zero attached hydrogens (tertiary/aromatic N) is 5. The van der Waals surface area contributed by atoms with E-state index in [-0.39, 0.29) is 12.1 Å². The number of fused-ring (bicyclic) bond motifs is 1. The minimum Gasteiger partial charge on any atom is -0.435 e. The van der Waals surface area contributed by atoms with Gasteiger partial charge in [-0.1, -0.05) is 23.7 Å². The van der Waals surface area contributed by atoms with E-state index in [0.29, 0.717) is 29.3 Å². The molecule has 3 aromatic rings. The Morgan fingerprint density at radius 2 is 2.04 bits per heavy atom. The molecule has 0 amide bonds. The SMILES string of the molecule is CCOC(=O)O[C@@H]1C=C[C@H](n2cnc3c(Cl)ncnc32)C1.c1ccncc1. The molecule has 0 aromatic carbocycles. The van der Waals surface area contributed by atoms with E-state index in [2.05, 4.69) is 19.9 Å². The summed E-state index contributed by atoms with van der Waals surface area (Å²) in [7, 11) is 0. The maximum atomic E-state index is 11.3. The third-order valence-corrected chi connectivity index (χ3v) is 4.05. The second-order valence-corrected chi connectivity index (χ2v) is 5.90. The predicted octanol–water partition coefficient (Wildman–Crippen LogP) is 3.60. The van der Waals surface area contributed by atoms with Crippen molar-refractivity contribution in [2.45, 2.75) is 25.5 Å². The molecule has 1 aliphatic carbocycles. The molecule has 8 nitrogen and oxygen atoms in total. The number of carbonyl (C=O) groups is 1. The first-order valence-electron chi connectivity index (χ1n) is 8.38. The van der Waals surface area contributed by atoms with Gasteiger partial charge in [-0.05, 0) is 25.1 Å². The van der Waals surface area contributed by atoms with Crippen LogP contribution in [0.5, 0.6) is 0 Å². The van der Waals surface area contributed by atoms with E-state index in [4.69, 9.17) is 21.1 Å². The molecule has 3 aromatic heterocycles. The lowest BCUT2D eigenvalue weighted by molar-refractivity contribution is 0.0387. The number of allylic oxidation sites excluding steroid dienone is 1. The topological polar surface area (TPSA) is 92.0 Å². The second kappa shape index (κ2) is 9.09. The first-order chi connectivity index (χ1) is 13.2. The molecule has 0 unspecified atom stereocenters. The van der Waals surface area contributed by atoms with Crippen molar-refractivity contribution in [3.05, 3.63) is 60.6 Å². The molecule has 3 heterocycles. The summed E-state index contributed by atoms with van der Waals surface area (Å²) in [6, 6.07) is 5.72. The van der Waals surface area contributed by atoms with Crippen molar-refractivity contribution in [2.24, 2.45) is 0 Å². The Hall–Kier alpha value is -3.00. The summed E-state index contributed by atoms with van der Waals surface area (Å²) >= 11 is 5.98. The van der Waals surface area contributed by atoms with Gasteiger partial charge in [0, 0.05) is 18.8 Å². The fourth-order valence-corrected chi connectivity index (χ4v) is 2.77. The number of rotatable bonds is 3. The molecule has 2 atom stereocenters. The largest absolute Gasteiger partial charge is 0.508 e. The third-order valence-electron chi connectivity index (χ3n) is 3.77. The van der Waals surface area contributed by atoms with Crippen LogP contribution < -0.4 is 0 Å². The molecule has 0 N–H and O–H groups in total. The first kappa shape index (κ1) is 18.8. The lowest BCUT2D eigenvalue weighted by Gasteiger charge is -2.14. The van der Waals surface area contributed by atoms with E-state index in [0.717, 1.165) is 0 Å². The van der Waals surface area contributed by atoms with Crippen LogP contribution in [-0.4, -0.2) is 43.4 Å². The van der Waals surface area contributed by atoms with Gasteiger partial charge in [0.25, 0.3) is 0 Å². The zero-order valence-electron chi connectivity index (χ0n) is 14.6. The molecule has 0 radical (unpaired) electrons. The summed E-state index contributed by atoms with van der Waals surface area (Å²) < 4.78 is 11.8. The average Bonchev–Trinajstić information content (AvgIpc) is 3.31. The summed E-state index contributed by atoms with van der Waals surface area (Å²) in [6.45, 7) is 2.02. The van der Waals surface area contributed by atoms with Gasteiger partial charge in [0.1, 0.15) is 17.9 Å². The van der Waals surface area contributed by atoms with Gasteiger partial charge in [-0.25, -0.2) is 19.7 Å². The lowest BCUT2D eigenvalue weighted by Crippen LogP contribution is -2.17. The number of imidazole rings is 1. The van der Waals surface area contributed by atoms with Gasteiger partial charge in [-0.2, -0.15) is 0 Å². The summed E-state index contributed by atoms with van der Waals surface area (Å²) in [5.74, 6) is 0. The van der Waals surface area contributed by atoms with Gasteiger partial charge < -0.3 is 14.0 Å². The standard InChI is InChI=1S/C13H13ClN4O3.C5H5N/c1-2-20-13(19)21-9-4-3-8(5-9)18-7-17-10-11(14)15-6-16-12(10)18;1-2-4-6-5-3-1/h3-4,6-9H,2,5H2,1H3;1-5H/t8-,9+;/m0./s1. The highest BCUT2D eigenvalue weighted by molar-refractivity contribution is 6.33. The highest BCUT2D eigenvalue weighted by Crippen LogP contribution is 2.29. The fraction of sp³-hybridized carbons (Fsp3) is 0.278. The first-order valence-corrected chi connectivity index (χ1v) is 8.76. The molecule has 0 saturated carbocycles. The van der Waals surface area contributed by atoms with Crippen molar-refractivity contribution in [1.29, 1.82) is 0 Å². The van der Waals surface area contributed by atoms with E-state index in [1.165, 1.54) is 6.33 Å². The number of ether oxygens (including phenoxy) is 2. The lowest BCUT2D eigenvalue weighted by atomic mass is 10.2. The molecular weight excluding hydrogens is 370 g/mol. The van der Waals surface area contributed by atoms with E-state index in [1.54, 1.807) is 25.6 Å². The van der Waals surface area contributed by atoms with E-state index in [9.17, 15) is 4.79 Å². The van der Waals surface area contributed by atoms with Crippen molar-refractivity contribution >= 4 is 28.9 Å². The second-order valence-electron chi connectivity index (χ2n) is 5.54. The molecule has 0 bridgehead atoms. The number of halogens is 1. The van der Waals surface area contributed by atoms with Gasteiger partial charge in [-0.15, -0.1) is 0 Å². The maximum Gasteiger partial charge on any atom is 0.508 e. The quantitative estimate of drug-likeness (QED) is 0.385. The van der Waals surface area contributed by atoms with Gasteiger partial charge in [0.05, 0.1) is 19.0 Å². The van der Waals surface area contributed by atoms with Crippen molar-refractivity contribution < 1.29 is 14.3 Å². The van der Waals surface area contributed by atoms with Crippen LogP contribution in [0.15, 0.2) is 55.4 Å². The highest BCUT2D eigenvalue weighted by Gasteiger charge is 2.25. The van der Waals surface area contributed by atoms with Crippen LogP contribution in [0.2, 0.25) is 5.15 Å². The summed E-state index contributed by atoms with van der Waals surface area (Å²) in [4.78, 5) is 27.4. The van der Waals surface area contributed by atoms with Crippen LogP contribution in [0.1, 0.15) is 19.4 Å². The maximum absolute atomic E-state index is 11.3. The van der Waals surface area contributed by atoms with Gasteiger partial charge in [0.2, 0.25) is 0 Å². The van der Waals surface area contributed by atoms with Gasteiger partial charge in [-0.3, -0.25) is 4.98 Å². The predicted molar refractivity (Wildman–Crippen MR) is 99.3 cm³/mol. The molecule has 0 aliphatic heterocycles. The molecule has 4 rings (SSSR count). The van der Waals surface area contributed by atoms with Crippen molar-refractivity contribution in [2.75, 3.05) is 6.61 Å². The monoisotopic (exact) mass is 387 g/mol. The van der Waals surface area contributed by atoms with Gasteiger partial charge >= 0.3 is 6.16 Å². The fourth-order valence-electron chi connectivity index (χ4n) is 2.60. The summed E-state index contributed by atoms with van der Waals surface area (Å²) in [6.07, 6.45) is 9.96. The Bertz CT molecular complexity index is 889. The van der Waals surface area contributed by atoms with E-state index >= 15 is 0 Å². The Morgan fingerprint density at radius 1 is 1.22 bits per heavy atom. The van der Waals surface area contributed by atoms with Gasteiger partial charge in [0.15, 0.2) is 10.8 Å². The summed E-state index contributed by atoms with van der Waals surface area (Å²) in [5, 5.41) is 0.319. The minimum absolute atomic E-state index is 0.000364. The Kier molecular flexibility index (Phi) is 6.32.